The summed E-state index contributed by atoms with van der Waals surface area (Å²) >= 11 is 11.9. The molecule has 2 N–H and O–H groups in total. The third-order valence-electron chi connectivity index (χ3n) is 4.15. The van der Waals surface area contributed by atoms with Crippen LogP contribution in [0.5, 0.6) is 0 Å². The van der Waals surface area contributed by atoms with Crippen LogP contribution in [0.25, 0.3) is 0 Å². The first-order valence-electron chi connectivity index (χ1n) is 7.86. The molecule has 0 radical (unpaired) electrons. The molecule has 3 rings (SSSR count). The Balaban J connectivity index is 1.78. The average Bonchev–Trinajstić information content (AvgIpc) is 2.78. The van der Waals surface area contributed by atoms with Crippen LogP contribution in [-0.4, -0.2) is 29.3 Å². The highest BCUT2D eigenvalue weighted by molar-refractivity contribution is 6.32. The van der Waals surface area contributed by atoms with Gasteiger partial charge in [-0.3, -0.25) is 14.5 Å². The molecule has 1 aliphatic rings. The van der Waals surface area contributed by atoms with Gasteiger partial charge in [0.25, 0.3) is 5.91 Å². The summed E-state index contributed by atoms with van der Waals surface area (Å²) in [6, 6.07) is 9.23. The number of carbonyl (C=O) groups excluding carboxylic acids is 3. The van der Waals surface area contributed by atoms with E-state index in [2.05, 4.69) is 10.6 Å². The predicted molar refractivity (Wildman–Crippen MR) is 99.1 cm³/mol. The van der Waals surface area contributed by atoms with E-state index in [1.807, 2.05) is 0 Å². The summed E-state index contributed by atoms with van der Waals surface area (Å²) in [6.45, 7) is 0.951. The summed E-state index contributed by atoms with van der Waals surface area (Å²) in [5.41, 5.74) is -0.830. The van der Waals surface area contributed by atoms with Gasteiger partial charge in [-0.1, -0.05) is 35.3 Å². The first kappa shape index (κ1) is 19.1. The molecule has 4 amide bonds. The number of halogens is 3. The molecule has 2 aromatic rings. The molecule has 140 valence electrons. The second-order valence-corrected chi connectivity index (χ2v) is 6.97. The van der Waals surface area contributed by atoms with Crippen LogP contribution in [-0.2, 0) is 15.1 Å². The van der Waals surface area contributed by atoms with E-state index in [0.29, 0.717) is 10.7 Å². The van der Waals surface area contributed by atoms with Crippen molar-refractivity contribution in [2.75, 3.05) is 11.9 Å². The Morgan fingerprint density at radius 1 is 1.22 bits per heavy atom. The number of nitrogens with one attached hydrogen (secondary N) is 2. The molecule has 1 heterocycles. The molecule has 27 heavy (non-hydrogen) atoms. The van der Waals surface area contributed by atoms with Gasteiger partial charge in [-0.25, -0.2) is 9.18 Å². The molecule has 1 aliphatic heterocycles. The van der Waals surface area contributed by atoms with E-state index in [0.717, 1.165) is 17.0 Å². The van der Waals surface area contributed by atoms with Crippen LogP contribution in [0.4, 0.5) is 14.9 Å². The number of anilines is 1. The van der Waals surface area contributed by atoms with E-state index in [1.54, 1.807) is 18.2 Å². The van der Waals surface area contributed by atoms with Crippen LogP contribution in [0, 0.1) is 5.82 Å². The maximum Gasteiger partial charge on any atom is 0.325 e. The van der Waals surface area contributed by atoms with Gasteiger partial charge in [0, 0.05) is 21.3 Å². The fraction of sp³-hybridized carbons (Fsp3) is 0.167. The van der Waals surface area contributed by atoms with E-state index in [9.17, 15) is 18.8 Å². The highest BCUT2D eigenvalue weighted by Crippen LogP contribution is 2.33. The molecule has 1 unspecified atom stereocenters. The molecular formula is C18H14Cl2FN3O3. The number of benzene rings is 2. The van der Waals surface area contributed by atoms with Crippen molar-refractivity contribution >= 4 is 46.7 Å². The third kappa shape index (κ3) is 3.74. The van der Waals surface area contributed by atoms with Crippen LogP contribution in [0.2, 0.25) is 10.0 Å². The number of rotatable bonds is 4. The molecule has 0 saturated carbocycles. The van der Waals surface area contributed by atoms with Gasteiger partial charge in [0.1, 0.15) is 17.9 Å². The minimum Gasteiger partial charge on any atom is -0.324 e. The maximum absolute atomic E-state index is 13.3. The number of hydrogen-bond acceptors (Lipinski definition) is 3. The molecule has 1 saturated heterocycles. The lowest BCUT2D eigenvalue weighted by atomic mass is 9.92. The zero-order valence-corrected chi connectivity index (χ0v) is 15.6. The zero-order chi connectivity index (χ0) is 19.8. The average molecular weight is 410 g/mol. The Labute approximate surface area is 164 Å². The van der Waals surface area contributed by atoms with Gasteiger partial charge < -0.3 is 10.6 Å². The quantitative estimate of drug-likeness (QED) is 0.757. The number of carbonyl (C=O) groups is 3. The molecule has 1 fully saturated rings. The van der Waals surface area contributed by atoms with Gasteiger partial charge in [-0.2, -0.15) is 0 Å². The van der Waals surface area contributed by atoms with Crippen molar-refractivity contribution in [1.29, 1.82) is 0 Å². The lowest BCUT2D eigenvalue weighted by Gasteiger charge is -2.23. The summed E-state index contributed by atoms with van der Waals surface area (Å²) in [7, 11) is 0. The van der Waals surface area contributed by atoms with Crippen molar-refractivity contribution in [2.24, 2.45) is 0 Å². The van der Waals surface area contributed by atoms with Crippen molar-refractivity contribution in [3.8, 4) is 0 Å². The summed E-state index contributed by atoms with van der Waals surface area (Å²) in [6.07, 6.45) is 0. The fourth-order valence-corrected chi connectivity index (χ4v) is 3.37. The first-order valence-corrected chi connectivity index (χ1v) is 8.61. The third-order valence-corrected chi connectivity index (χ3v) is 4.70. The second-order valence-electron chi connectivity index (χ2n) is 6.13. The summed E-state index contributed by atoms with van der Waals surface area (Å²) < 4.78 is 13.3. The van der Waals surface area contributed by atoms with Crippen molar-refractivity contribution < 1.29 is 18.8 Å². The second kappa shape index (κ2) is 7.17. The SMILES string of the molecule is CC1(c2ccc(F)cc2Cl)NC(=O)N(CC(=O)Nc2cccc(Cl)c2)C1=O. The minimum atomic E-state index is -1.50. The molecule has 1 atom stereocenters. The Hall–Kier alpha value is -2.64. The molecule has 0 aromatic heterocycles. The Kier molecular flexibility index (Phi) is 5.08. The molecule has 2 aromatic carbocycles. The summed E-state index contributed by atoms with van der Waals surface area (Å²) in [5, 5.41) is 5.51. The van der Waals surface area contributed by atoms with Crippen molar-refractivity contribution in [2.45, 2.75) is 12.5 Å². The zero-order valence-electron chi connectivity index (χ0n) is 14.1. The molecule has 9 heteroatoms. The Bertz CT molecular complexity index is 953. The Morgan fingerprint density at radius 2 is 1.96 bits per heavy atom. The standard InChI is InChI=1S/C18H14Cl2FN3O3/c1-18(13-6-5-11(21)8-14(13)20)16(26)24(17(27)23-18)9-15(25)22-12-4-2-3-10(19)7-12/h2-8H,9H2,1H3,(H,22,25)(H,23,27). The van der Waals surface area contributed by atoms with Crippen molar-refractivity contribution in [1.82, 2.24) is 10.2 Å². The largest absolute Gasteiger partial charge is 0.325 e. The van der Waals surface area contributed by atoms with E-state index in [4.69, 9.17) is 23.2 Å². The van der Waals surface area contributed by atoms with Gasteiger partial charge in [0.15, 0.2) is 0 Å². The van der Waals surface area contributed by atoms with Gasteiger partial charge in [-0.05, 0) is 37.3 Å². The number of hydrogen-bond donors (Lipinski definition) is 2. The monoisotopic (exact) mass is 409 g/mol. The highest BCUT2D eigenvalue weighted by Gasteiger charge is 2.50. The van der Waals surface area contributed by atoms with Crippen LogP contribution in [0.1, 0.15) is 12.5 Å². The smallest absolute Gasteiger partial charge is 0.324 e. The highest BCUT2D eigenvalue weighted by atomic mass is 35.5. The summed E-state index contributed by atoms with van der Waals surface area (Å²) in [5.74, 6) is -1.81. The lowest BCUT2D eigenvalue weighted by molar-refractivity contribution is -0.133. The van der Waals surface area contributed by atoms with Crippen LogP contribution in [0.3, 0.4) is 0 Å². The molecule has 6 nitrogen and oxygen atoms in total. The van der Waals surface area contributed by atoms with Crippen molar-refractivity contribution in [3.05, 3.63) is 63.9 Å². The topological polar surface area (TPSA) is 78.5 Å². The molecule has 0 bridgehead atoms. The maximum atomic E-state index is 13.3. The molecule has 0 aliphatic carbocycles. The Morgan fingerprint density at radius 3 is 2.63 bits per heavy atom. The number of amides is 4. The van der Waals surface area contributed by atoms with Gasteiger partial charge in [0.05, 0.1) is 0 Å². The van der Waals surface area contributed by atoms with E-state index in [-0.39, 0.29) is 10.6 Å². The van der Waals surface area contributed by atoms with Crippen LogP contribution >= 0.6 is 23.2 Å². The molecule has 0 spiro atoms. The number of nitrogens with zero attached hydrogens (tertiary/aromatic N) is 1. The van der Waals surface area contributed by atoms with E-state index in [1.165, 1.54) is 19.1 Å². The number of imide groups is 1. The fourth-order valence-electron chi connectivity index (χ4n) is 2.83. The normalized spacial score (nSPS) is 19.2. The van der Waals surface area contributed by atoms with E-state index < -0.39 is 35.7 Å². The van der Waals surface area contributed by atoms with Gasteiger partial charge >= 0.3 is 6.03 Å². The van der Waals surface area contributed by atoms with Gasteiger partial charge in [0.2, 0.25) is 5.91 Å². The predicted octanol–water partition coefficient (Wildman–Crippen LogP) is 3.54. The minimum absolute atomic E-state index is 0.00335. The summed E-state index contributed by atoms with van der Waals surface area (Å²) in [4.78, 5) is 38.1. The lowest BCUT2D eigenvalue weighted by Crippen LogP contribution is -2.42. The van der Waals surface area contributed by atoms with Crippen molar-refractivity contribution in [3.63, 3.8) is 0 Å². The van der Waals surface area contributed by atoms with Crippen LogP contribution in [0.15, 0.2) is 42.5 Å². The molecular weight excluding hydrogens is 396 g/mol. The number of urea groups is 1. The van der Waals surface area contributed by atoms with Gasteiger partial charge in [-0.15, -0.1) is 0 Å². The van der Waals surface area contributed by atoms with Crippen LogP contribution < -0.4 is 10.6 Å². The first-order chi connectivity index (χ1) is 12.7. The van der Waals surface area contributed by atoms with E-state index >= 15 is 0 Å².